The molecule has 162 valence electrons. The summed E-state index contributed by atoms with van der Waals surface area (Å²) in [5.41, 5.74) is 1.30. The number of hydrogen-bond acceptors (Lipinski definition) is 4. The smallest absolute Gasteiger partial charge is 0.222 e. The van der Waals surface area contributed by atoms with Crippen LogP contribution in [0.1, 0.15) is 51.5 Å². The molecule has 0 aliphatic carbocycles. The van der Waals surface area contributed by atoms with E-state index in [0.29, 0.717) is 25.2 Å². The van der Waals surface area contributed by atoms with E-state index in [1.807, 2.05) is 30.9 Å². The molecule has 1 saturated heterocycles. The highest BCUT2D eigenvalue weighted by Crippen LogP contribution is 2.19. The molecule has 1 fully saturated rings. The summed E-state index contributed by atoms with van der Waals surface area (Å²) in [6.07, 6.45) is 3.73. The molecular weight excluding hydrogens is 366 g/mol. The molecule has 0 aromatic heterocycles. The number of ether oxygens (including phenoxy) is 1. The Morgan fingerprint density at radius 1 is 1.10 bits per heavy atom. The number of nitrogens with one attached hydrogen (secondary N) is 1. The summed E-state index contributed by atoms with van der Waals surface area (Å²) < 4.78 is 5.21. The molecule has 1 N–H and O–H groups in total. The molecule has 0 unspecified atom stereocenters. The number of benzene rings is 1. The van der Waals surface area contributed by atoms with Crippen LogP contribution in [0.3, 0.4) is 0 Å². The SMILES string of the molecule is CCN(CC)C(=O)CCCC(=O)NCC1CCN(Cc2ccc(OC)cc2)CC1. The first kappa shape index (κ1) is 23.2. The molecule has 2 amide bonds. The summed E-state index contributed by atoms with van der Waals surface area (Å²) in [5.74, 6) is 1.65. The molecular formula is C23H37N3O3. The number of likely N-dealkylation sites (tertiary alicyclic amines) is 1. The van der Waals surface area contributed by atoms with E-state index in [1.54, 1.807) is 7.11 Å². The highest BCUT2D eigenvalue weighted by molar-refractivity contribution is 5.78. The predicted octanol–water partition coefficient (Wildman–Crippen LogP) is 3.06. The Bertz CT molecular complexity index is 621. The average Bonchev–Trinajstić information content (AvgIpc) is 2.74. The van der Waals surface area contributed by atoms with Gasteiger partial charge in [0.1, 0.15) is 5.75 Å². The van der Waals surface area contributed by atoms with E-state index in [9.17, 15) is 9.59 Å². The Labute approximate surface area is 175 Å². The third-order valence-electron chi connectivity index (χ3n) is 5.77. The minimum absolute atomic E-state index is 0.0676. The van der Waals surface area contributed by atoms with Crippen molar-refractivity contribution in [1.29, 1.82) is 0 Å². The van der Waals surface area contributed by atoms with Crippen LogP contribution in [0.2, 0.25) is 0 Å². The molecule has 6 nitrogen and oxygen atoms in total. The summed E-state index contributed by atoms with van der Waals surface area (Å²) in [6, 6.07) is 8.26. The fourth-order valence-electron chi connectivity index (χ4n) is 3.82. The summed E-state index contributed by atoms with van der Waals surface area (Å²) in [4.78, 5) is 28.3. The van der Waals surface area contributed by atoms with E-state index in [-0.39, 0.29) is 11.8 Å². The second-order valence-electron chi connectivity index (χ2n) is 7.79. The predicted molar refractivity (Wildman–Crippen MR) is 116 cm³/mol. The topological polar surface area (TPSA) is 61.9 Å². The van der Waals surface area contributed by atoms with Crippen molar-refractivity contribution >= 4 is 11.8 Å². The molecule has 1 aromatic carbocycles. The fraction of sp³-hybridized carbons (Fsp3) is 0.652. The van der Waals surface area contributed by atoms with Gasteiger partial charge in [-0.3, -0.25) is 14.5 Å². The van der Waals surface area contributed by atoms with E-state index in [4.69, 9.17) is 4.74 Å². The molecule has 1 heterocycles. The Hall–Kier alpha value is -2.08. The van der Waals surface area contributed by atoms with E-state index < -0.39 is 0 Å². The van der Waals surface area contributed by atoms with Crippen LogP contribution in [0.15, 0.2) is 24.3 Å². The van der Waals surface area contributed by atoms with Crippen molar-refractivity contribution in [3.63, 3.8) is 0 Å². The van der Waals surface area contributed by atoms with E-state index in [1.165, 1.54) is 5.56 Å². The minimum Gasteiger partial charge on any atom is -0.497 e. The Morgan fingerprint density at radius 3 is 2.34 bits per heavy atom. The van der Waals surface area contributed by atoms with Crippen LogP contribution in [-0.4, -0.2) is 61.4 Å². The molecule has 0 radical (unpaired) electrons. The molecule has 1 aliphatic heterocycles. The number of amides is 2. The summed E-state index contributed by atoms with van der Waals surface area (Å²) in [5, 5.41) is 3.06. The molecule has 2 rings (SSSR count). The second-order valence-corrected chi connectivity index (χ2v) is 7.79. The van der Waals surface area contributed by atoms with Gasteiger partial charge in [0.25, 0.3) is 0 Å². The molecule has 0 bridgehead atoms. The lowest BCUT2D eigenvalue weighted by atomic mass is 9.96. The lowest BCUT2D eigenvalue weighted by molar-refractivity contribution is -0.131. The quantitative estimate of drug-likeness (QED) is 0.617. The second kappa shape index (κ2) is 12.5. The number of carbonyl (C=O) groups is 2. The lowest BCUT2D eigenvalue weighted by Crippen LogP contribution is -2.38. The number of piperidine rings is 1. The van der Waals surface area contributed by atoms with Gasteiger partial charge in [-0.2, -0.15) is 0 Å². The minimum atomic E-state index is 0.0676. The van der Waals surface area contributed by atoms with Crippen LogP contribution < -0.4 is 10.1 Å². The summed E-state index contributed by atoms with van der Waals surface area (Å²) >= 11 is 0. The molecule has 1 aliphatic rings. The molecule has 29 heavy (non-hydrogen) atoms. The maximum atomic E-state index is 12.1. The van der Waals surface area contributed by atoms with Gasteiger partial charge in [-0.1, -0.05) is 12.1 Å². The maximum Gasteiger partial charge on any atom is 0.222 e. The molecule has 0 spiro atoms. The van der Waals surface area contributed by atoms with Gasteiger partial charge in [0.2, 0.25) is 11.8 Å². The van der Waals surface area contributed by atoms with E-state index in [2.05, 4.69) is 22.3 Å². The number of carbonyl (C=O) groups excluding carboxylic acids is 2. The zero-order valence-electron chi connectivity index (χ0n) is 18.3. The number of hydrogen-bond donors (Lipinski definition) is 1. The van der Waals surface area contributed by atoms with Gasteiger partial charge in [0, 0.05) is 39.0 Å². The van der Waals surface area contributed by atoms with E-state index >= 15 is 0 Å². The highest BCUT2D eigenvalue weighted by Gasteiger charge is 2.20. The number of nitrogens with zero attached hydrogens (tertiary/aromatic N) is 2. The van der Waals surface area contributed by atoms with Gasteiger partial charge >= 0.3 is 0 Å². The Morgan fingerprint density at radius 2 is 1.76 bits per heavy atom. The lowest BCUT2D eigenvalue weighted by Gasteiger charge is -2.32. The van der Waals surface area contributed by atoms with Crippen LogP contribution in [-0.2, 0) is 16.1 Å². The van der Waals surface area contributed by atoms with Crippen LogP contribution in [0.5, 0.6) is 5.75 Å². The van der Waals surface area contributed by atoms with Crippen LogP contribution in [0.4, 0.5) is 0 Å². The zero-order valence-corrected chi connectivity index (χ0v) is 18.3. The standard InChI is InChI=1S/C23H37N3O3/c1-4-26(5-2)23(28)8-6-7-22(27)24-17-19-13-15-25(16-14-19)18-20-9-11-21(29-3)12-10-20/h9-12,19H,4-8,13-18H2,1-3H3,(H,24,27). The Kier molecular flexibility index (Phi) is 9.98. The van der Waals surface area contributed by atoms with Crippen LogP contribution in [0.25, 0.3) is 0 Å². The molecule has 6 heteroatoms. The third-order valence-corrected chi connectivity index (χ3v) is 5.77. The van der Waals surface area contributed by atoms with Crippen molar-refractivity contribution < 1.29 is 14.3 Å². The van der Waals surface area contributed by atoms with Crippen molar-refractivity contribution in [3.8, 4) is 5.75 Å². The van der Waals surface area contributed by atoms with Gasteiger partial charge in [-0.25, -0.2) is 0 Å². The first-order valence-corrected chi connectivity index (χ1v) is 10.9. The fourth-order valence-corrected chi connectivity index (χ4v) is 3.82. The van der Waals surface area contributed by atoms with Crippen LogP contribution >= 0.6 is 0 Å². The molecule has 1 aromatic rings. The largest absolute Gasteiger partial charge is 0.497 e. The zero-order chi connectivity index (χ0) is 21.1. The Balaban J connectivity index is 1.59. The number of rotatable bonds is 11. The summed E-state index contributed by atoms with van der Waals surface area (Å²) in [6.45, 7) is 9.27. The average molecular weight is 404 g/mol. The van der Waals surface area contributed by atoms with Crippen molar-refractivity contribution in [2.45, 2.75) is 52.5 Å². The van der Waals surface area contributed by atoms with Gasteiger partial charge in [0.15, 0.2) is 0 Å². The first-order chi connectivity index (χ1) is 14.0. The monoisotopic (exact) mass is 403 g/mol. The summed E-state index contributed by atoms with van der Waals surface area (Å²) in [7, 11) is 1.68. The third kappa shape index (κ3) is 8.05. The highest BCUT2D eigenvalue weighted by atomic mass is 16.5. The maximum absolute atomic E-state index is 12.1. The molecule has 0 atom stereocenters. The van der Waals surface area contributed by atoms with Crippen molar-refractivity contribution in [3.05, 3.63) is 29.8 Å². The van der Waals surface area contributed by atoms with Gasteiger partial charge in [-0.05, 0) is 69.8 Å². The normalized spacial score (nSPS) is 15.1. The number of methoxy groups -OCH3 is 1. The van der Waals surface area contributed by atoms with E-state index in [0.717, 1.165) is 57.9 Å². The van der Waals surface area contributed by atoms with Crippen LogP contribution in [0, 0.1) is 5.92 Å². The van der Waals surface area contributed by atoms with Gasteiger partial charge in [0.05, 0.1) is 7.11 Å². The molecule has 0 saturated carbocycles. The van der Waals surface area contributed by atoms with Crippen molar-refractivity contribution in [1.82, 2.24) is 15.1 Å². The van der Waals surface area contributed by atoms with Gasteiger partial charge in [-0.15, -0.1) is 0 Å². The van der Waals surface area contributed by atoms with Gasteiger partial charge < -0.3 is 15.0 Å². The van der Waals surface area contributed by atoms with Crippen molar-refractivity contribution in [2.24, 2.45) is 5.92 Å². The van der Waals surface area contributed by atoms with Crippen molar-refractivity contribution in [2.75, 3.05) is 39.8 Å². The first-order valence-electron chi connectivity index (χ1n) is 10.9.